The molecule has 3 unspecified atom stereocenters. The summed E-state index contributed by atoms with van der Waals surface area (Å²) < 4.78 is 39.1. The van der Waals surface area contributed by atoms with Crippen LogP contribution in [0.3, 0.4) is 0 Å². The number of aliphatic hydroxyl groups excluding tert-OH is 1. The highest BCUT2D eigenvalue weighted by molar-refractivity contribution is 7.47. The highest BCUT2D eigenvalue weighted by Gasteiger charge is 2.28. The van der Waals surface area contributed by atoms with Gasteiger partial charge in [0.05, 0.1) is 19.8 Å². The molecule has 0 rings (SSSR count). The molecule has 0 spiro atoms. The molecule has 11 nitrogen and oxygen atoms in total. The number of hydrogen-bond acceptors (Lipinski definition) is 10. The van der Waals surface area contributed by atoms with E-state index in [1.165, 1.54) is 12.8 Å². The third kappa shape index (κ3) is 43.9. The minimum atomic E-state index is -4.76. The fourth-order valence-electron chi connectivity index (χ4n) is 6.03. The third-order valence-corrected chi connectivity index (χ3v) is 10.7. The number of esters is 3. The lowest BCUT2D eigenvalue weighted by Crippen LogP contribution is -2.30. The molecule has 0 bridgehead atoms. The number of rotatable bonds is 44. The van der Waals surface area contributed by atoms with E-state index in [9.17, 15) is 28.9 Å². The monoisotopic (exact) mass is 919 g/mol. The first-order chi connectivity index (χ1) is 31.2. The zero-order valence-corrected chi connectivity index (χ0v) is 40.9. The van der Waals surface area contributed by atoms with Crippen LogP contribution in [0.1, 0.15) is 188 Å². The predicted molar refractivity (Wildman–Crippen MR) is 261 cm³/mol. The number of aliphatic hydroxyl groups is 1. The second kappa shape index (κ2) is 46.2. The van der Waals surface area contributed by atoms with Crippen LogP contribution < -0.4 is 0 Å². The number of allylic oxidation sites excluding steroid dienone is 14. The highest BCUT2D eigenvalue weighted by atomic mass is 31.2. The lowest BCUT2D eigenvalue weighted by molar-refractivity contribution is -0.161. The van der Waals surface area contributed by atoms with Crippen molar-refractivity contribution in [3.8, 4) is 0 Å². The first-order valence-electron chi connectivity index (χ1n) is 24.5. The molecule has 3 atom stereocenters. The van der Waals surface area contributed by atoms with E-state index in [1.54, 1.807) is 0 Å². The predicted octanol–water partition coefficient (Wildman–Crippen LogP) is 13.6. The normalized spacial score (nSPS) is 14.3. The van der Waals surface area contributed by atoms with Gasteiger partial charge in [0.15, 0.2) is 6.10 Å². The van der Waals surface area contributed by atoms with Crippen LogP contribution in [0.4, 0.5) is 0 Å². The molecule has 0 radical (unpaired) electrons. The quantitative estimate of drug-likeness (QED) is 0.0197. The summed E-state index contributed by atoms with van der Waals surface area (Å²) >= 11 is 0. The van der Waals surface area contributed by atoms with Crippen molar-refractivity contribution >= 4 is 25.7 Å². The van der Waals surface area contributed by atoms with E-state index in [4.69, 9.17) is 23.3 Å². The molecule has 12 heteroatoms. The molecule has 0 aliphatic rings. The van der Waals surface area contributed by atoms with Gasteiger partial charge in [0.2, 0.25) is 0 Å². The molecule has 0 aromatic heterocycles. The van der Waals surface area contributed by atoms with Crippen LogP contribution in [0.2, 0.25) is 0 Å². The maximum atomic E-state index is 12.8. The molecule has 0 saturated carbocycles. The lowest BCUT2D eigenvalue weighted by Gasteiger charge is -2.21. The summed E-state index contributed by atoms with van der Waals surface area (Å²) in [4.78, 5) is 48.1. The molecule has 0 amide bonds. The minimum absolute atomic E-state index is 0.0987. The van der Waals surface area contributed by atoms with Crippen molar-refractivity contribution in [1.29, 1.82) is 0 Å². The van der Waals surface area contributed by atoms with Crippen molar-refractivity contribution in [3.05, 3.63) is 85.1 Å². The van der Waals surface area contributed by atoms with Gasteiger partial charge in [-0.25, -0.2) is 4.57 Å². The van der Waals surface area contributed by atoms with Crippen LogP contribution in [-0.2, 0) is 42.2 Å². The Morgan fingerprint density at radius 1 is 0.453 bits per heavy atom. The van der Waals surface area contributed by atoms with Gasteiger partial charge in [0, 0.05) is 19.3 Å². The smallest absolute Gasteiger partial charge is 0.462 e. The zero-order chi connectivity index (χ0) is 47.0. The van der Waals surface area contributed by atoms with E-state index >= 15 is 0 Å². The highest BCUT2D eigenvalue weighted by Crippen LogP contribution is 2.43. The summed E-state index contributed by atoms with van der Waals surface area (Å²) in [6, 6.07) is 0. The molecule has 0 aromatic rings. The van der Waals surface area contributed by atoms with Gasteiger partial charge in [0.25, 0.3) is 0 Å². The van der Waals surface area contributed by atoms with Crippen LogP contribution in [0, 0.1) is 0 Å². The topological polar surface area (TPSA) is 155 Å². The Morgan fingerprint density at radius 3 is 1.39 bits per heavy atom. The van der Waals surface area contributed by atoms with E-state index in [2.05, 4.69) is 93.7 Å². The fraction of sp³-hybridized carbons (Fsp3) is 0.673. The number of unbranched alkanes of at least 4 members (excludes halogenated alkanes) is 13. The van der Waals surface area contributed by atoms with Crippen molar-refractivity contribution in [1.82, 2.24) is 0 Å². The number of phosphoric ester groups is 1. The van der Waals surface area contributed by atoms with E-state index in [0.29, 0.717) is 19.3 Å². The summed E-state index contributed by atoms with van der Waals surface area (Å²) in [5, 5.41) is 9.74. The van der Waals surface area contributed by atoms with Crippen molar-refractivity contribution in [3.63, 3.8) is 0 Å². The largest absolute Gasteiger partial charge is 0.472 e. The van der Waals surface area contributed by atoms with Crippen LogP contribution in [0.15, 0.2) is 85.1 Å². The molecule has 2 N–H and O–H groups in total. The molecule has 0 saturated heterocycles. The average molecular weight is 919 g/mol. The van der Waals surface area contributed by atoms with Crippen LogP contribution in [0.5, 0.6) is 0 Å². The Hall–Kier alpha value is -3.34. The van der Waals surface area contributed by atoms with Gasteiger partial charge >= 0.3 is 25.7 Å². The van der Waals surface area contributed by atoms with Gasteiger partial charge in [-0.3, -0.25) is 23.4 Å². The van der Waals surface area contributed by atoms with Gasteiger partial charge in [-0.1, -0.05) is 164 Å². The summed E-state index contributed by atoms with van der Waals surface area (Å²) in [7, 11) is -4.76. The first-order valence-corrected chi connectivity index (χ1v) is 26.0. The third-order valence-electron chi connectivity index (χ3n) is 9.77. The van der Waals surface area contributed by atoms with Crippen LogP contribution in [-0.4, -0.2) is 66.5 Å². The first kappa shape index (κ1) is 60.7. The van der Waals surface area contributed by atoms with E-state index in [0.717, 1.165) is 116 Å². The molecule has 64 heavy (non-hydrogen) atoms. The summed E-state index contributed by atoms with van der Waals surface area (Å²) in [5.74, 6) is -1.60. The number of carbonyl (C=O) groups excluding carboxylic acids is 3. The minimum Gasteiger partial charge on any atom is -0.462 e. The zero-order valence-electron chi connectivity index (χ0n) is 40.0. The molecular weight excluding hydrogens is 832 g/mol. The Morgan fingerprint density at radius 2 is 0.875 bits per heavy atom. The van der Waals surface area contributed by atoms with Crippen molar-refractivity contribution in [2.24, 2.45) is 0 Å². The Balaban J connectivity index is 4.88. The van der Waals surface area contributed by atoms with Crippen molar-refractivity contribution in [2.75, 3.05) is 26.4 Å². The summed E-state index contributed by atoms with van der Waals surface area (Å²) in [5.41, 5.74) is 0. The maximum Gasteiger partial charge on any atom is 0.472 e. The fourth-order valence-corrected chi connectivity index (χ4v) is 6.82. The Bertz CT molecular complexity index is 1400. The number of carbonyl (C=O) groups is 3. The Labute approximate surface area is 388 Å². The number of hydrogen-bond donors (Lipinski definition) is 2. The standard InChI is InChI=1S/C52H87O11P/c1-4-7-10-13-16-19-22-24-27-29-32-35-38-41-50(54)59-45-49(63-52(56)43-40-37-34-31-28-25-23-20-17-14-11-8-5-2)47-61-64(57,58)60-46-48(44-53)62-51(55)42-39-36-33-30-26-21-18-15-12-9-6-3/h7,10-11,14-16,18-20,23-24,27,32,35,48-49,53H,4-6,8-9,12-13,17,21-22,25-26,28-31,33-34,36-47H2,1-3H3,(H,57,58)/b10-7-,14-11-,18-15-,19-16-,23-20-,27-24-,35-32-. The lowest BCUT2D eigenvalue weighted by atomic mass is 10.1. The van der Waals surface area contributed by atoms with Crippen molar-refractivity contribution < 1.29 is 52.2 Å². The van der Waals surface area contributed by atoms with Gasteiger partial charge < -0.3 is 24.2 Å². The second-order valence-electron chi connectivity index (χ2n) is 15.9. The molecule has 0 heterocycles. The van der Waals surface area contributed by atoms with Crippen LogP contribution in [0.25, 0.3) is 0 Å². The van der Waals surface area contributed by atoms with Gasteiger partial charge in [-0.2, -0.15) is 0 Å². The average Bonchev–Trinajstić information content (AvgIpc) is 3.28. The van der Waals surface area contributed by atoms with Gasteiger partial charge in [0.1, 0.15) is 12.7 Å². The van der Waals surface area contributed by atoms with E-state index in [1.807, 2.05) is 12.2 Å². The van der Waals surface area contributed by atoms with Gasteiger partial charge in [-0.05, 0) is 89.9 Å². The van der Waals surface area contributed by atoms with Gasteiger partial charge in [-0.15, -0.1) is 0 Å². The summed E-state index contributed by atoms with van der Waals surface area (Å²) in [6.45, 7) is 4.27. The summed E-state index contributed by atoms with van der Waals surface area (Å²) in [6.07, 6.45) is 50.1. The van der Waals surface area contributed by atoms with Crippen molar-refractivity contribution in [2.45, 2.75) is 200 Å². The maximum absolute atomic E-state index is 12.8. The number of phosphoric acid groups is 1. The molecule has 0 aliphatic carbocycles. The SMILES string of the molecule is CC/C=C\C/C=C\C/C=C\C/C=C\CCC(=O)OCC(COP(=O)(O)OCC(CO)OC(=O)CCCCCCC/C=C\CCCC)OC(=O)CCCCCCC/C=C\C/C=C\CCC. The second-order valence-corrected chi connectivity index (χ2v) is 17.3. The van der Waals surface area contributed by atoms with E-state index in [-0.39, 0.29) is 25.9 Å². The molecule has 0 aliphatic heterocycles. The number of ether oxygens (including phenoxy) is 3. The molecule has 0 aromatic carbocycles. The molecule has 366 valence electrons. The van der Waals surface area contributed by atoms with Crippen LogP contribution >= 0.6 is 7.82 Å². The Kier molecular flexibility index (Phi) is 43.8. The molecule has 0 fully saturated rings. The molecular formula is C52H87O11P. The van der Waals surface area contributed by atoms with E-state index < -0.39 is 57.8 Å².